The molecule has 0 aliphatic carbocycles. The number of carbonyl (C=O) groups is 1. The Balaban J connectivity index is 2.45. The fraction of sp³-hybridized carbons (Fsp3) is 0.957. The molecule has 0 aromatic heterocycles. The van der Waals surface area contributed by atoms with Crippen molar-refractivity contribution in [1.82, 2.24) is 0 Å². The van der Waals surface area contributed by atoms with E-state index in [-0.39, 0.29) is 19.2 Å². The van der Waals surface area contributed by atoms with Crippen LogP contribution in [0.2, 0.25) is 0 Å². The van der Waals surface area contributed by atoms with Crippen LogP contribution in [0.25, 0.3) is 0 Å². The number of aliphatic hydroxyl groups excluding tert-OH is 4. The van der Waals surface area contributed by atoms with E-state index in [1.807, 2.05) is 6.92 Å². The smallest absolute Gasteiger partial charge is 0.306 e. The number of hydrogen-bond acceptors (Lipinski definition) is 9. The zero-order chi connectivity index (χ0) is 23.8. The first kappa shape index (κ1) is 29.2. The fourth-order valence-corrected chi connectivity index (χ4v) is 3.47. The largest absolute Gasteiger partial charge is 0.457 e. The predicted octanol–water partition coefficient (Wildman–Crippen LogP) is 1.67. The molecule has 0 aromatic rings. The summed E-state index contributed by atoms with van der Waals surface area (Å²) in [5.41, 5.74) is 0. The van der Waals surface area contributed by atoms with Crippen LogP contribution in [0, 0.1) is 0 Å². The van der Waals surface area contributed by atoms with Gasteiger partial charge in [-0.2, -0.15) is 0 Å². The molecule has 1 saturated heterocycles. The van der Waals surface area contributed by atoms with Gasteiger partial charge >= 0.3 is 5.97 Å². The summed E-state index contributed by atoms with van der Waals surface area (Å²) in [4.78, 5) is 12.1. The van der Waals surface area contributed by atoms with Gasteiger partial charge in [0, 0.05) is 13.0 Å². The van der Waals surface area contributed by atoms with E-state index in [4.69, 9.17) is 18.9 Å². The summed E-state index contributed by atoms with van der Waals surface area (Å²) < 4.78 is 22.0. The van der Waals surface area contributed by atoms with Crippen LogP contribution in [0.3, 0.4) is 0 Å². The third kappa shape index (κ3) is 11.4. The molecule has 1 fully saturated rings. The summed E-state index contributed by atoms with van der Waals surface area (Å²) in [6.45, 7) is 4.22. The van der Waals surface area contributed by atoms with Gasteiger partial charge in [0.1, 0.15) is 30.5 Å². The molecule has 0 radical (unpaired) electrons. The Kier molecular flexibility index (Phi) is 16.1. The van der Waals surface area contributed by atoms with Crippen LogP contribution in [0.15, 0.2) is 0 Å². The van der Waals surface area contributed by atoms with Gasteiger partial charge in [-0.05, 0) is 12.8 Å². The van der Waals surface area contributed by atoms with Crippen molar-refractivity contribution in [2.24, 2.45) is 0 Å². The van der Waals surface area contributed by atoms with Gasteiger partial charge in [-0.15, -0.1) is 0 Å². The lowest BCUT2D eigenvalue weighted by Crippen LogP contribution is -2.59. The van der Waals surface area contributed by atoms with Gasteiger partial charge in [0.05, 0.1) is 19.8 Å². The zero-order valence-electron chi connectivity index (χ0n) is 19.7. The van der Waals surface area contributed by atoms with Crippen molar-refractivity contribution >= 4 is 5.97 Å². The predicted molar refractivity (Wildman–Crippen MR) is 118 cm³/mol. The molecule has 0 spiro atoms. The number of ether oxygens (including phenoxy) is 4. The molecule has 0 saturated carbocycles. The Morgan fingerprint density at radius 1 is 0.875 bits per heavy atom. The lowest BCUT2D eigenvalue weighted by molar-refractivity contribution is -0.305. The molecule has 1 rings (SSSR count). The molecule has 9 nitrogen and oxygen atoms in total. The highest BCUT2D eigenvalue weighted by atomic mass is 16.7. The average molecular weight is 465 g/mol. The van der Waals surface area contributed by atoms with Gasteiger partial charge < -0.3 is 39.4 Å². The second-order valence-corrected chi connectivity index (χ2v) is 8.44. The summed E-state index contributed by atoms with van der Waals surface area (Å²) in [5, 5.41) is 39.1. The van der Waals surface area contributed by atoms with E-state index in [0.29, 0.717) is 13.0 Å². The molecule has 6 atom stereocenters. The van der Waals surface area contributed by atoms with Crippen molar-refractivity contribution in [2.45, 2.75) is 115 Å². The average Bonchev–Trinajstić information content (AvgIpc) is 2.79. The van der Waals surface area contributed by atoms with Crippen molar-refractivity contribution in [3.63, 3.8) is 0 Å². The van der Waals surface area contributed by atoms with Crippen LogP contribution >= 0.6 is 0 Å². The van der Waals surface area contributed by atoms with E-state index in [1.54, 1.807) is 0 Å². The van der Waals surface area contributed by atoms with Crippen molar-refractivity contribution in [1.29, 1.82) is 0 Å². The van der Waals surface area contributed by atoms with E-state index >= 15 is 0 Å². The van der Waals surface area contributed by atoms with E-state index in [9.17, 15) is 25.2 Å². The molecule has 9 heteroatoms. The molecule has 0 bridgehead atoms. The highest BCUT2D eigenvalue weighted by Crippen LogP contribution is 2.22. The maximum Gasteiger partial charge on any atom is 0.306 e. The topological polar surface area (TPSA) is 135 Å². The first-order valence-electron chi connectivity index (χ1n) is 12.1. The molecular formula is C23H44O9. The maximum absolute atomic E-state index is 12.1. The molecule has 0 amide bonds. The number of esters is 1. The van der Waals surface area contributed by atoms with Crippen LogP contribution in [-0.2, 0) is 23.7 Å². The first-order chi connectivity index (χ1) is 15.4. The quantitative estimate of drug-likeness (QED) is 0.176. The van der Waals surface area contributed by atoms with E-state index in [2.05, 4.69) is 6.92 Å². The molecule has 32 heavy (non-hydrogen) atoms. The molecule has 190 valence electrons. The normalized spacial score (nSPS) is 26.8. The van der Waals surface area contributed by atoms with Gasteiger partial charge in [0.2, 0.25) is 0 Å². The summed E-state index contributed by atoms with van der Waals surface area (Å²) in [5.74, 6) is -0.353. The first-order valence-corrected chi connectivity index (χ1v) is 12.1. The minimum atomic E-state index is -1.52. The third-order valence-electron chi connectivity index (χ3n) is 5.52. The summed E-state index contributed by atoms with van der Waals surface area (Å²) >= 11 is 0. The van der Waals surface area contributed by atoms with Crippen molar-refractivity contribution < 1.29 is 44.2 Å². The van der Waals surface area contributed by atoms with Gasteiger partial charge in [-0.3, -0.25) is 4.79 Å². The number of carbonyl (C=O) groups excluding carboxylic acids is 1. The Hall–Kier alpha value is -0.810. The molecule has 1 aliphatic rings. The van der Waals surface area contributed by atoms with Crippen LogP contribution in [0.5, 0.6) is 0 Å². The van der Waals surface area contributed by atoms with Crippen LogP contribution in [0.4, 0.5) is 0 Å². The second-order valence-electron chi connectivity index (χ2n) is 8.44. The zero-order valence-corrected chi connectivity index (χ0v) is 19.7. The number of unbranched alkanes of at least 4 members (excludes halogenated alkanes) is 7. The maximum atomic E-state index is 12.1. The van der Waals surface area contributed by atoms with Crippen molar-refractivity contribution in [3.8, 4) is 0 Å². The Morgan fingerprint density at radius 2 is 1.53 bits per heavy atom. The van der Waals surface area contributed by atoms with Gasteiger partial charge in [0.25, 0.3) is 0 Å². The SMILES string of the molecule is CCCCCCCCCOCC(COC1OC(CO)C(O)C(O)C1O)OC(=O)CCCC. The lowest BCUT2D eigenvalue weighted by atomic mass is 9.99. The monoisotopic (exact) mass is 464 g/mol. The molecule has 1 aliphatic heterocycles. The second kappa shape index (κ2) is 17.6. The number of hydrogen-bond donors (Lipinski definition) is 4. The number of rotatable bonds is 18. The molecule has 6 unspecified atom stereocenters. The van der Waals surface area contributed by atoms with E-state index in [1.165, 1.54) is 32.1 Å². The van der Waals surface area contributed by atoms with Crippen LogP contribution in [0.1, 0.15) is 78.1 Å². The van der Waals surface area contributed by atoms with Gasteiger partial charge in [0.15, 0.2) is 6.29 Å². The van der Waals surface area contributed by atoms with Gasteiger partial charge in [-0.1, -0.05) is 58.8 Å². The van der Waals surface area contributed by atoms with E-state index in [0.717, 1.165) is 25.7 Å². The van der Waals surface area contributed by atoms with Crippen molar-refractivity contribution in [3.05, 3.63) is 0 Å². The Bertz CT molecular complexity index is 474. The van der Waals surface area contributed by atoms with E-state index < -0.39 is 43.4 Å². The van der Waals surface area contributed by atoms with Crippen LogP contribution < -0.4 is 0 Å². The molecule has 4 N–H and O–H groups in total. The molecule has 1 heterocycles. The van der Waals surface area contributed by atoms with Gasteiger partial charge in [-0.25, -0.2) is 0 Å². The standard InChI is InChI=1S/C23H44O9/c1-3-5-7-8-9-10-11-13-29-15-17(31-19(25)12-6-4-2)16-30-23-22(28)21(27)20(26)18(14-24)32-23/h17-18,20-24,26-28H,3-16H2,1-2H3. The van der Waals surface area contributed by atoms with Crippen molar-refractivity contribution in [2.75, 3.05) is 26.4 Å². The summed E-state index contributed by atoms with van der Waals surface area (Å²) in [6.07, 6.45) is 2.58. The Labute approximate surface area is 192 Å². The lowest BCUT2D eigenvalue weighted by Gasteiger charge is -2.39. The highest BCUT2D eigenvalue weighted by Gasteiger charge is 2.44. The third-order valence-corrected chi connectivity index (χ3v) is 5.52. The fourth-order valence-electron chi connectivity index (χ4n) is 3.47. The Morgan fingerprint density at radius 3 is 2.19 bits per heavy atom. The molecule has 0 aromatic carbocycles. The minimum Gasteiger partial charge on any atom is -0.457 e. The highest BCUT2D eigenvalue weighted by molar-refractivity contribution is 5.69. The molecular weight excluding hydrogens is 420 g/mol. The summed E-state index contributed by atoms with van der Waals surface area (Å²) in [6, 6.07) is 0. The minimum absolute atomic E-state index is 0.114. The number of aliphatic hydroxyl groups is 4. The summed E-state index contributed by atoms with van der Waals surface area (Å²) in [7, 11) is 0. The van der Waals surface area contributed by atoms with Crippen LogP contribution in [-0.4, -0.2) is 89.6 Å².